The van der Waals surface area contributed by atoms with Gasteiger partial charge in [-0.25, -0.2) is 0 Å². The lowest BCUT2D eigenvalue weighted by atomic mass is 9.81. The van der Waals surface area contributed by atoms with Gasteiger partial charge < -0.3 is 10.1 Å². The topological polar surface area (TPSA) is 24.5 Å². The van der Waals surface area contributed by atoms with Gasteiger partial charge in [0.15, 0.2) is 0 Å². The van der Waals surface area contributed by atoms with Gasteiger partial charge in [0.25, 0.3) is 0 Å². The number of nitrogens with one attached hydrogen (secondary N) is 1. The van der Waals surface area contributed by atoms with Gasteiger partial charge in [-0.05, 0) is 51.5 Å². The molecule has 0 saturated carbocycles. The highest BCUT2D eigenvalue weighted by Crippen LogP contribution is 2.34. The second-order valence-corrected chi connectivity index (χ2v) is 6.65. The average molecular weight is 266 g/mol. The molecular formula is C16H30N2O. The lowest BCUT2D eigenvalue weighted by molar-refractivity contribution is -0.0513. The van der Waals surface area contributed by atoms with Crippen LogP contribution in [0.5, 0.6) is 0 Å². The molecule has 0 aliphatic carbocycles. The Kier molecular flexibility index (Phi) is 4.78. The van der Waals surface area contributed by atoms with Crippen molar-refractivity contribution in [3.05, 3.63) is 0 Å². The van der Waals surface area contributed by atoms with E-state index in [1.807, 2.05) is 0 Å². The Balaban J connectivity index is 1.58. The minimum absolute atomic E-state index is 0.521. The lowest BCUT2D eigenvalue weighted by Gasteiger charge is -2.50. The van der Waals surface area contributed by atoms with E-state index in [1.54, 1.807) is 0 Å². The molecule has 3 rings (SSSR count). The first-order valence-corrected chi connectivity index (χ1v) is 8.47. The van der Waals surface area contributed by atoms with Crippen LogP contribution in [0.3, 0.4) is 0 Å². The maximum Gasteiger partial charge on any atom is 0.0702 e. The number of piperidine rings is 2. The lowest BCUT2D eigenvalue weighted by Crippen LogP contribution is -2.58. The zero-order valence-electron chi connectivity index (χ0n) is 12.4. The summed E-state index contributed by atoms with van der Waals surface area (Å²) in [6.07, 6.45) is 11.4. The van der Waals surface area contributed by atoms with Crippen molar-refractivity contribution in [3.8, 4) is 0 Å². The summed E-state index contributed by atoms with van der Waals surface area (Å²) in [6.45, 7) is 5.55. The van der Waals surface area contributed by atoms with E-state index < -0.39 is 0 Å². The van der Waals surface area contributed by atoms with Crippen LogP contribution < -0.4 is 5.32 Å². The second-order valence-electron chi connectivity index (χ2n) is 6.65. The van der Waals surface area contributed by atoms with Gasteiger partial charge in [-0.2, -0.15) is 0 Å². The van der Waals surface area contributed by atoms with Gasteiger partial charge in [0.05, 0.1) is 6.10 Å². The minimum Gasteiger partial charge on any atom is -0.377 e. The van der Waals surface area contributed by atoms with Crippen molar-refractivity contribution in [2.75, 3.05) is 19.7 Å². The van der Waals surface area contributed by atoms with Crippen LogP contribution in [0.1, 0.15) is 58.3 Å². The predicted octanol–water partition coefficient (Wildman–Crippen LogP) is 2.55. The zero-order valence-corrected chi connectivity index (χ0v) is 12.4. The van der Waals surface area contributed by atoms with Gasteiger partial charge in [-0.1, -0.05) is 13.3 Å². The van der Waals surface area contributed by atoms with Gasteiger partial charge >= 0.3 is 0 Å². The molecule has 3 atom stereocenters. The largest absolute Gasteiger partial charge is 0.377 e. The van der Waals surface area contributed by atoms with Crippen LogP contribution in [0.4, 0.5) is 0 Å². The number of hydrogen-bond donors (Lipinski definition) is 1. The first-order valence-electron chi connectivity index (χ1n) is 8.47. The number of rotatable bonds is 4. The van der Waals surface area contributed by atoms with Crippen LogP contribution >= 0.6 is 0 Å². The summed E-state index contributed by atoms with van der Waals surface area (Å²) in [5, 5.41) is 3.68. The number of hydrogen-bond acceptors (Lipinski definition) is 3. The Hall–Kier alpha value is -0.120. The minimum atomic E-state index is 0.521. The Morgan fingerprint density at radius 3 is 2.47 bits per heavy atom. The van der Waals surface area contributed by atoms with Crippen molar-refractivity contribution < 1.29 is 4.74 Å². The fourth-order valence-electron chi connectivity index (χ4n) is 4.42. The third-order valence-electron chi connectivity index (χ3n) is 5.31. The Morgan fingerprint density at radius 2 is 1.84 bits per heavy atom. The third kappa shape index (κ3) is 3.32. The summed E-state index contributed by atoms with van der Waals surface area (Å²) in [6, 6.07) is 2.41. The summed E-state index contributed by atoms with van der Waals surface area (Å²) in [5.74, 6) is 0. The molecule has 110 valence electrons. The Bertz CT molecular complexity index is 264. The molecule has 0 aromatic carbocycles. The van der Waals surface area contributed by atoms with Crippen LogP contribution in [-0.2, 0) is 4.74 Å². The van der Waals surface area contributed by atoms with Crippen molar-refractivity contribution >= 4 is 0 Å². The monoisotopic (exact) mass is 266 g/mol. The van der Waals surface area contributed by atoms with Crippen molar-refractivity contribution in [2.24, 2.45) is 0 Å². The van der Waals surface area contributed by atoms with E-state index in [1.165, 1.54) is 57.9 Å². The van der Waals surface area contributed by atoms with Crippen molar-refractivity contribution in [1.29, 1.82) is 0 Å². The molecule has 3 aliphatic rings. The molecule has 3 nitrogen and oxygen atoms in total. The fourth-order valence-corrected chi connectivity index (χ4v) is 4.42. The van der Waals surface area contributed by atoms with E-state index >= 15 is 0 Å². The van der Waals surface area contributed by atoms with Crippen molar-refractivity contribution in [3.63, 3.8) is 0 Å². The second kappa shape index (κ2) is 6.55. The molecule has 0 aromatic rings. The summed E-state index contributed by atoms with van der Waals surface area (Å²) < 4.78 is 5.96. The maximum absolute atomic E-state index is 5.96. The van der Waals surface area contributed by atoms with E-state index in [0.717, 1.165) is 31.3 Å². The van der Waals surface area contributed by atoms with Gasteiger partial charge in [-0.15, -0.1) is 0 Å². The first kappa shape index (κ1) is 13.8. The molecule has 19 heavy (non-hydrogen) atoms. The quantitative estimate of drug-likeness (QED) is 0.846. The van der Waals surface area contributed by atoms with E-state index in [0.29, 0.717) is 6.10 Å². The van der Waals surface area contributed by atoms with Gasteiger partial charge in [0.2, 0.25) is 0 Å². The van der Waals surface area contributed by atoms with Crippen LogP contribution in [-0.4, -0.2) is 48.8 Å². The van der Waals surface area contributed by atoms with Crippen molar-refractivity contribution in [1.82, 2.24) is 10.2 Å². The van der Waals surface area contributed by atoms with E-state index in [9.17, 15) is 0 Å². The molecule has 3 aliphatic heterocycles. The molecular weight excluding hydrogens is 236 g/mol. The highest BCUT2D eigenvalue weighted by molar-refractivity contribution is 4.95. The third-order valence-corrected chi connectivity index (χ3v) is 5.31. The molecule has 3 fully saturated rings. The molecule has 3 unspecified atom stereocenters. The smallest absolute Gasteiger partial charge is 0.0702 e. The molecule has 3 saturated heterocycles. The zero-order chi connectivity index (χ0) is 13.1. The first-order chi connectivity index (χ1) is 9.36. The number of ether oxygens (including phenoxy) is 1. The molecule has 1 N–H and O–H groups in total. The predicted molar refractivity (Wildman–Crippen MR) is 78.4 cm³/mol. The van der Waals surface area contributed by atoms with Crippen LogP contribution in [0.25, 0.3) is 0 Å². The van der Waals surface area contributed by atoms with Crippen LogP contribution in [0, 0.1) is 0 Å². The Morgan fingerprint density at radius 1 is 1.05 bits per heavy atom. The number of nitrogens with zero attached hydrogens (tertiary/aromatic N) is 1. The van der Waals surface area contributed by atoms with Gasteiger partial charge in [0.1, 0.15) is 0 Å². The van der Waals surface area contributed by atoms with E-state index in [-0.39, 0.29) is 0 Å². The average Bonchev–Trinajstić information content (AvgIpc) is 2.41. The Labute approximate surface area is 118 Å². The highest BCUT2D eigenvalue weighted by Gasteiger charge is 2.38. The molecule has 0 spiro atoms. The van der Waals surface area contributed by atoms with Crippen LogP contribution in [0.15, 0.2) is 0 Å². The standard InChI is InChI=1S/C16H30N2O/c1-2-17-13-10-14-6-5-7-15(11-13)18(14)12-16-8-3-4-9-19-16/h13-17H,2-12H2,1H3. The van der Waals surface area contributed by atoms with E-state index in [2.05, 4.69) is 17.1 Å². The van der Waals surface area contributed by atoms with Crippen LogP contribution in [0.2, 0.25) is 0 Å². The fraction of sp³-hybridized carbons (Fsp3) is 1.00. The molecule has 0 amide bonds. The summed E-state index contributed by atoms with van der Waals surface area (Å²) >= 11 is 0. The molecule has 0 aromatic heterocycles. The maximum atomic E-state index is 5.96. The molecule has 3 heterocycles. The van der Waals surface area contributed by atoms with E-state index in [4.69, 9.17) is 4.74 Å². The normalized spacial score (nSPS) is 40.3. The molecule has 2 bridgehead atoms. The molecule has 3 heteroatoms. The van der Waals surface area contributed by atoms with Gasteiger partial charge in [0, 0.05) is 31.3 Å². The van der Waals surface area contributed by atoms with Gasteiger partial charge in [-0.3, -0.25) is 4.90 Å². The number of fused-ring (bicyclic) bond motifs is 2. The molecule has 0 radical (unpaired) electrons. The summed E-state index contributed by atoms with van der Waals surface area (Å²) in [7, 11) is 0. The highest BCUT2D eigenvalue weighted by atomic mass is 16.5. The summed E-state index contributed by atoms with van der Waals surface area (Å²) in [4.78, 5) is 2.81. The van der Waals surface area contributed by atoms with Crippen molar-refractivity contribution in [2.45, 2.75) is 82.5 Å². The summed E-state index contributed by atoms with van der Waals surface area (Å²) in [5.41, 5.74) is 0. The SMILES string of the molecule is CCNC1CC2CCCC(C1)N2CC1CCCCO1.